The van der Waals surface area contributed by atoms with Crippen LogP contribution in [0, 0.1) is 6.92 Å². The number of ether oxygens (including phenoxy) is 1. The number of rotatable bonds is 9. The van der Waals surface area contributed by atoms with Crippen LogP contribution in [0.3, 0.4) is 0 Å². The van der Waals surface area contributed by atoms with Crippen LogP contribution in [0.1, 0.15) is 18.2 Å². The Kier molecular flexibility index (Phi) is 7.32. The third-order valence-corrected chi connectivity index (χ3v) is 6.44. The molecule has 2 heterocycles. The summed E-state index contributed by atoms with van der Waals surface area (Å²) in [5.74, 6) is 0.477. The number of benzene rings is 2. The highest BCUT2D eigenvalue weighted by Crippen LogP contribution is 2.24. The largest absolute Gasteiger partial charge is 0.495 e. The van der Waals surface area contributed by atoms with E-state index in [4.69, 9.17) is 9.72 Å². The van der Waals surface area contributed by atoms with Crippen molar-refractivity contribution in [2.45, 2.75) is 38.5 Å². The molecule has 0 saturated heterocycles. The van der Waals surface area contributed by atoms with Crippen LogP contribution in [-0.2, 0) is 24.3 Å². The fraction of sp³-hybridized carbons (Fsp3) is 0.280. The van der Waals surface area contributed by atoms with Crippen LogP contribution in [0.5, 0.6) is 5.75 Å². The molecule has 0 atom stereocenters. The molecule has 2 aromatic carbocycles. The summed E-state index contributed by atoms with van der Waals surface area (Å²) in [6.07, 6.45) is 0.675. The van der Waals surface area contributed by atoms with Crippen molar-refractivity contribution < 1.29 is 9.53 Å². The number of thioether (sulfide) groups is 1. The van der Waals surface area contributed by atoms with Crippen LogP contribution in [0.15, 0.2) is 64.5 Å². The first-order chi connectivity index (χ1) is 16.5. The number of nitrogens with one attached hydrogen (secondary N) is 1. The summed E-state index contributed by atoms with van der Waals surface area (Å²) in [6.45, 7) is 4.83. The molecule has 0 unspecified atom stereocenters. The van der Waals surface area contributed by atoms with Crippen molar-refractivity contribution in [2.75, 3.05) is 18.2 Å². The highest BCUT2D eigenvalue weighted by Gasteiger charge is 2.19. The smallest absolute Gasteiger partial charge is 0.280 e. The van der Waals surface area contributed by atoms with Gasteiger partial charge in [0.25, 0.3) is 5.56 Å². The zero-order valence-electron chi connectivity index (χ0n) is 19.4. The van der Waals surface area contributed by atoms with E-state index in [0.717, 1.165) is 5.56 Å². The maximum Gasteiger partial charge on any atom is 0.280 e. The molecule has 2 aromatic heterocycles. The topological polar surface area (TPSA) is 91.0 Å². The van der Waals surface area contributed by atoms with Crippen LogP contribution in [0.4, 0.5) is 5.69 Å². The quantitative estimate of drug-likeness (QED) is 0.290. The molecule has 0 bridgehead atoms. The number of para-hydroxylation sites is 2. The van der Waals surface area contributed by atoms with Gasteiger partial charge in [0.05, 0.1) is 24.2 Å². The third kappa shape index (κ3) is 4.99. The molecule has 1 N–H and O–H groups in total. The van der Waals surface area contributed by atoms with Gasteiger partial charge < -0.3 is 10.1 Å². The normalized spacial score (nSPS) is 11.0. The highest BCUT2D eigenvalue weighted by atomic mass is 32.2. The van der Waals surface area contributed by atoms with Gasteiger partial charge in [-0.05, 0) is 38.0 Å². The number of nitrogens with zero attached hydrogens (tertiary/aromatic N) is 4. The van der Waals surface area contributed by atoms with Crippen molar-refractivity contribution in [2.24, 2.45) is 0 Å². The van der Waals surface area contributed by atoms with Gasteiger partial charge in [-0.15, -0.1) is 0 Å². The molecule has 0 spiro atoms. The lowest BCUT2D eigenvalue weighted by Gasteiger charge is -2.13. The molecule has 0 radical (unpaired) electrons. The fourth-order valence-corrected chi connectivity index (χ4v) is 4.59. The first-order valence-corrected chi connectivity index (χ1v) is 12.1. The van der Waals surface area contributed by atoms with Gasteiger partial charge in [-0.2, -0.15) is 5.10 Å². The molecule has 8 nitrogen and oxygen atoms in total. The molecule has 9 heteroatoms. The molecule has 1 amide bonds. The Balaban J connectivity index is 1.62. The first kappa shape index (κ1) is 23.6. The van der Waals surface area contributed by atoms with Gasteiger partial charge in [-0.1, -0.05) is 54.2 Å². The molecule has 0 aliphatic rings. The number of carbonyl (C=O) groups is 1. The minimum absolute atomic E-state index is 0.0995. The Morgan fingerprint density at radius 3 is 2.59 bits per heavy atom. The monoisotopic (exact) mass is 477 g/mol. The molecule has 0 saturated carbocycles. The molecule has 4 aromatic rings. The Morgan fingerprint density at radius 2 is 1.85 bits per heavy atom. The molecule has 4 rings (SSSR count). The van der Waals surface area contributed by atoms with E-state index in [2.05, 4.69) is 10.4 Å². The molecule has 0 fully saturated rings. The predicted octanol–water partition coefficient (Wildman–Crippen LogP) is 3.90. The van der Waals surface area contributed by atoms with Crippen LogP contribution >= 0.6 is 11.8 Å². The summed E-state index contributed by atoms with van der Waals surface area (Å²) in [5.41, 5.74) is 3.35. The first-order valence-electron chi connectivity index (χ1n) is 11.1. The third-order valence-electron chi connectivity index (χ3n) is 5.46. The van der Waals surface area contributed by atoms with Gasteiger partial charge >= 0.3 is 0 Å². The van der Waals surface area contributed by atoms with Gasteiger partial charge in [-0.3, -0.25) is 18.8 Å². The van der Waals surface area contributed by atoms with Gasteiger partial charge in [0.15, 0.2) is 10.7 Å². The van der Waals surface area contributed by atoms with Crippen LogP contribution in [-0.4, -0.2) is 38.1 Å². The SMILES string of the molecule is CCn1nc(C)c2nc(SCC(=O)Nc3ccccc3OC)n(CCc3ccccc3)c(=O)c21. The molecular weight excluding hydrogens is 450 g/mol. The number of methoxy groups -OCH3 is 1. The van der Waals surface area contributed by atoms with E-state index in [-0.39, 0.29) is 17.2 Å². The zero-order chi connectivity index (χ0) is 24.1. The number of hydrogen-bond donors (Lipinski definition) is 1. The van der Waals surface area contributed by atoms with Gasteiger partial charge in [0, 0.05) is 13.1 Å². The maximum atomic E-state index is 13.5. The van der Waals surface area contributed by atoms with Gasteiger partial charge in [-0.25, -0.2) is 4.98 Å². The Hall–Kier alpha value is -3.59. The average molecular weight is 478 g/mol. The average Bonchev–Trinajstić information content (AvgIpc) is 3.18. The van der Waals surface area contributed by atoms with Crippen molar-refractivity contribution in [3.05, 3.63) is 76.2 Å². The second kappa shape index (κ2) is 10.6. The molecule has 0 aliphatic carbocycles. The summed E-state index contributed by atoms with van der Waals surface area (Å²) in [5, 5.41) is 7.85. The lowest BCUT2D eigenvalue weighted by Crippen LogP contribution is -2.26. The van der Waals surface area contributed by atoms with Crippen LogP contribution in [0.25, 0.3) is 11.0 Å². The second-order valence-corrected chi connectivity index (χ2v) is 8.66. The number of fused-ring (bicyclic) bond motifs is 1. The van der Waals surface area contributed by atoms with Crippen molar-refractivity contribution in [3.63, 3.8) is 0 Å². The van der Waals surface area contributed by atoms with Gasteiger partial charge in [0.2, 0.25) is 5.91 Å². The Labute approximate surface area is 202 Å². The van der Waals surface area contributed by atoms with E-state index in [1.807, 2.05) is 56.3 Å². The molecule has 34 heavy (non-hydrogen) atoms. The summed E-state index contributed by atoms with van der Waals surface area (Å²) in [6, 6.07) is 17.2. The maximum absolute atomic E-state index is 13.5. The predicted molar refractivity (Wildman–Crippen MR) is 135 cm³/mol. The summed E-state index contributed by atoms with van der Waals surface area (Å²) < 4.78 is 8.66. The van der Waals surface area contributed by atoms with E-state index in [9.17, 15) is 9.59 Å². The van der Waals surface area contributed by atoms with E-state index < -0.39 is 0 Å². The van der Waals surface area contributed by atoms with Crippen molar-refractivity contribution in [1.29, 1.82) is 0 Å². The van der Waals surface area contributed by atoms with Crippen molar-refractivity contribution in [1.82, 2.24) is 19.3 Å². The second-order valence-electron chi connectivity index (χ2n) is 7.72. The van der Waals surface area contributed by atoms with Crippen LogP contribution < -0.4 is 15.6 Å². The molecule has 0 aliphatic heterocycles. The number of hydrogen-bond acceptors (Lipinski definition) is 6. The number of anilines is 1. The summed E-state index contributed by atoms with van der Waals surface area (Å²) in [4.78, 5) is 31.0. The van der Waals surface area contributed by atoms with E-state index in [1.54, 1.807) is 28.5 Å². The lowest BCUT2D eigenvalue weighted by atomic mass is 10.1. The molecular formula is C25H27N5O3S. The Morgan fingerprint density at radius 1 is 1.12 bits per heavy atom. The minimum atomic E-state index is -0.209. The van der Waals surface area contributed by atoms with E-state index in [1.165, 1.54) is 11.8 Å². The number of amides is 1. The fourth-order valence-electron chi connectivity index (χ4n) is 3.77. The molecule has 176 valence electrons. The van der Waals surface area contributed by atoms with Crippen molar-refractivity contribution >= 4 is 34.4 Å². The standard InChI is InChI=1S/C25H27N5O3S/c1-4-30-23-22(17(2)28-30)27-25(29(24(23)32)15-14-18-10-6-5-7-11-18)34-16-21(31)26-19-12-8-9-13-20(19)33-3/h5-13H,4,14-16H2,1-3H3,(H,26,31). The zero-order valence-corrected chi connectivity index (χ0v) is 20.3. The van der Waals surface area contributed by atoms with Crippen molar-refractivity contribution in [3.8, 4) is 5.75 Å². The summed E-state index contributed by atoms with van der Waals surface area (Å²) >= 11 is 1.24. The number of aromatic nitrogens is 4. The van der Waals surface area contributed by atoms with Gasteiger partial charge in [0.1, 0.15) is 11.3 Å². The number of carbonyl (C=O) groups excluding carboxylic acids is 1. The van der Waals surface area contributed by atoms with Crippen LogP contribution in [0.2, 0.25) is 0 Å². The van der Waals surface area contributed by atoms with E-state index >= 15 is 0 Å². The highest BCUT2D eigenvalue weighted by molar-refractivity contribution is 7.99. The Bertz CT molecular complexity index is 1360. The van der Waals surface area contributed by atoms with E-state index in [0.29, 0.717) is 52.8 Å². The lowest BCUT2D eigenvalue weighted by molar-refractivity contribution is -0.113. The minimum Gasteiger partial charge on any atom is -0.495 e. The number of aryl methyl sites for hydroxylation is 3. The summed E-state index contributed by atoms with van der Waals surface area (Å²) in [7, 11) is 1.56.